The Hall–Kier alpha value is -1.72. The van der Waals surface area contributed by atoms with E-state index in [2.05, 4.69) is 5.32 Å². The van der Waals surface area contributed by atoms with Crippen LogP contribution >= 0.6 is 0 Å². The molecule has 1 heterocycles. The molecule has 0 saturated carbocycles. The molecule has 2 N–H and O–H groups in total. The monoisotopic (exact) mass is 262 g/mol. The van der Waals surface area contributed by atoms with E-state index in [0.717, 1.165) is 0 Å². The lowest BCUT2D eigenvalue weighted by molar-refractivity contribution is -0.121. The van der Waals surface area contributed by atoms with Gasteiger partial charge in [-0.05, 0) is 25.0 Å². The van der Waals surface area contributed by atoms with E-state index < -0.39 is 0 Å². The number of benzene rings is 1. The van der Waals surface area contributed by atoms with Crippen LogP contribution in [0.1, 0.15) is 23.2 Å². The molecule has 0 aliphatic carbocycles. The van der Waals surface area contributed by atoms with Crippen molar-refractivity contribution >= 4 is 11.8 Å². The van der Waals surface area contributed by atoms with Gasteiger partial charge >= 0.3 is 0 Å². The van der Waals surface area contributed by atoms with Crippen LogP contribution in [0, 0.1) is 0 Å². The predicted octanol–water partition coefficient (Wildman–Crippen LogP) is 0.400. The average Bonchev–Trinajstić information content (AvgIpc) is 2.42. The normalized spacial score (nSPS) is 17.1. The van der Waals surface area contributed by atoms with Gasteiger partial charge < -0.3 is 5.11 Å². The number of hydrogen-bond donors (Lipinski definition) is 2. The van der Waals surface area contributed by atoms with Gasteiger partial charge in [0, 0.05) is 18.7 Å². The van der Waals surface area contributed by atoms with Crippen molar-refractivity contribution in [2.75, 3.05) is 19.6 Å². The molecule has 1 fully saturated rings. The van der Waals surface area contributed by atoms with Crippen molar-refractivity contribution in [3.8, 4) is 0 Å². The Bertz CT molecular complexity index is 439. The SMILES string of the molecule is O=C(CN1CCC(O)CC1)NC(=O)c1ccccc1. The van der Waals surface area contributed by atoms with E-state index in [9.17, 15) is 14.7 Å². The third-order valence-electron chi connectivity index (χ3n) is 3.21. The summed E-state index contributed by atoms with van der Waals surface area (Å²) in [5.74, 6) is -0.673. The first-order valence-corrected chi connectivity index (χ1v) is 6.45. The average molecular weight is 262 g/mol. The number of imide groups is 1. The predicted molar refractivity (Wildman–Crippen MR) is 70.6 cm³/mol. The Morgan fingerprint density at radius 3 is 2.47 bits per heavy atom. The van der Waals surface area contributed by atoms with Gasteiger partial charge in [0.2, 0.25) is 5.91 Å². The third kappa shape index (κ3) is 4.15. The number of hydrogen-bond acceptors (Lipinski definition) is 4. The highest BCUT2D eigenvalue weighted by molar-refractivity contribution is 6.05. The summed E-state index contributed by atoms with van der Waals surface area (Å²) in [4.78, 5) is 25.4. The van der Waals surface area contributed by atoms with Gasteiger partial charge in [0.25, 0.3) is 5.91 Å². The number of likely N-dealkylation sites (tertiary alicyclic amines) is 1. The van der Waals surface area contributed by atoms with Crippen molar-refractivity contribution in [2.45, 2.75) is 18.9 Å². The zero-order valence-electron chi connectivity index (χ0n) is 10.7. The first-order chi connectivity index (χ1) is 9.15. The van der Waals surface area contributed by atoms with Crippen molar-refractivity contribution in [2.24, 2.45) is 0 Å². The molecule has 1 saturated heterocycles. The van der Waals surface area contributed by atoms with Crippen LogP contribution in [0.15, 0.2) is 30.3 Å². The second-order valence-corrected chi connectivity index (χ2v) is 4.75. The zero-order valence-corrected chi connectivity index (χ0v) is 10.7. The van der Waals surface area contributed by atoms with Crippen LogP contribution in [0.2, 0.25) is 0 Å². The van der Waals surface area contributed by atoms with E-state index >= 15 is 0 Å². The second kappa shape index (κ2) is 6.45. The Morgan fingerprint density at radius 2 is 1.84 bits per heavy atom. The molecule has 1 aromatic carbocycles. The summed E-state index contributed by atoms with van der Waals surface area (Å²) in [5.41, 5.74) is 0.477. The first kappa shape index (κ1) is 13.7. The number of carbonyl (C=O) groups is 2. The summed E-state index contributed by atoms with van der Waals surface area (Å²) < 4.78 is 0. The van der Waals surface area contributed by atoms with Crippen molar-refractivity contribution in [1.29, 1.82) is 0 Å². The molecule has 19 heavy (non-hydrogen) atoms. The number of carbonyl (C=O) groups excluding carboxylic acids is 2. The lowest BCUT2D eigenvalue weighted by atomic mass is 10.1. The molecular formula is C14H18N2O3. The molecule has 0 radical (unpaired) electrons. The van der Waals surface area contributed by atoms with Gasteiger partial charge in [0.15, 0.2) is 0 Å². The maximum absolute atomic E-state index is 11.8. The van der Waals surface area contributed by atoms with Crippen LogP contribution in [-0.2, 0) is 4.79 Å². The minimum atomic E-state index is -0.373. The minimum Gasteiger partial charge on any atom is -0.393 e. The van der Waals surface area contributed by atoms with Gasteiger partial charge in [-0.15, -0.1) is 0 Å². The van der Waals surface area contributed by atoms with E-state index in [1.165, 1.54) is 0 Å². The summed E-state index contributed by atoms with van der Waals surface area (Å²) in [6, 6.07) is 8.66. The second-order valence-electron chi connectivity index (χ2n) is 4.75. The largest absolute Gasteiger partial charge is 0.393 e. The van der Waals surface area contributed by atoms with Crippen LogP contribution in [0.25, 0.3) is 0 Å². The van der Waals surface area contributed by atoms with E-state index in [1.807, 2.05) is 11.0 Å². The van der Waals surface area contributed by atoms with Crippen molar-refractivity contribution in [1.82, 2.24) is 10.2 Å². The Balaban J connectivity index is 1.80. The third-order valence-corrected chi connectivity index (χ3v) is 3.21. The molecular weight excluding hydrogens is 244 g/mol. The maximum Gasteiger partial charge on any atom is 0.257 e. The fourth-order valence-corrected chi connectivity index (χ4v) is 2.11. The fourth-order valence-electron chi connectivity index (χ4n) is 2.11. The Morgan fingerprint density at radius 1 is 1.21 bits per heavy atom. The van der Waals surface area contributed by atoms with Gasteiger partial charge in [-0.1, -0.05) is 18.2 Å². The topological polar surface area (TPSA) is 69.6 Å². The summed E-state index contributed by atoms with van der Waals surface area (Å²) in [5, 5.41) is 11.7. The number of nitrogens with zero attached hydrogens (tertiary/aromatic N) is 1. The number of aliphatic hydroxyl groups excluding tert-OH is 1. The smallest absolute Gasteiger partial charge is 0.257 e. The standard InChI is InChI=1S/C14H18N2O3/c17-12-6-8-16(9-7-12)10-13(18)15-14(19)11-4-2-1-3-5-11/h1-5,12,17H,6-10H2,(H,15,18,19). The summed E-state index contributed by atoms with van der Waals surface area (Å²) in [7, 11) is 0. The Kier molecular flexibility index (Phi) is 4.65. The molecule has 1 aliphatic heterocycles. The molecule has 102 valence electrons. The quantitative estimate of drug-likeness (QED) is 0.827. The fraction of sp³-hybridized carbons (Fsp3) is 0.429. The van der Waals surface area contributed by atoms with E-state index in [4.69, 9.17) is 0 Å². The minimum absolute atomic E-state index is 0.200. The van der Waals surface area contributed by atoms with Crippen LogP contribution in [0.3, 0.4) is 0 Å². The van der Waals surface area contributed by atoms with Gasteiger partial charge in [-0.3, -0.25) is 19.8 Å². The van der Waals surface area contributed by atoms with Crippen LogP contribution < -0.4 is 5.32 Å². The van der Waals surface area contributed by atoms with E-state index in [0.29, 0.717) is 31.5 Å². The van der Waals surface area contributed by atoms with Gasteiger partial charge in [-0.2, -0.15) is 0 Å². The van der Waals surface area contributed by atoms with Crippen LogP contribution in [0.4, 0.5) is 0 Å². The van der Waals surface area contributed by atoms with Gasteiger partial charge in [-0.25, -0.2) is 0 Å². The molecule has 5 nitrogen and oxygen atoms in total. The van der Waals surface area contributed by atoms with E-state index in [1.54, 1.807) is 24.3 Å². The summed E-state index contributed by atoms with van der Waals surface area (Å²) in [6.45, 7) is 1.58. The molecule has 0 bridgehead atoms. The lowest BCUT2D eigenvalue weighted by Crippen LogP contribution is -2.44. The molecule has 5 heteroatoms. The number of rotatable bonds is 3. The van der Waals surface area contributed by atoms with Gasteiger partial charge in [0.05, 0.1) is 12.6 Å². The highest BCUT2D eigenvalue weighted by Gasteiger charge is 2.19. The molecule has 1 aliphatic rings. The maximum atomic E-state index is 11.8. The first-order valence-electron chi connectivity index (χ1n) is 6.45. The zero-order chi connectivity index (χ0) is 13.7. The molecule has 1 aromatic rings. The molecule has 2 amide bonds. The lowest BCUT2D eigenvalue weighted by Gasteiger charge is -2.28. The van der Waals surface area contributed by atoms with Crippen molar-refractivity contribution in [3.63, 3.8) is 0 Å². The number of nitrogens with one attached hydrogen (secondary N) is 1. The molecule has 0 unspecified atom stereocenters. The van der Waals surface area contributed by atoms with Crippen LogP contribution in [0.5, 0.6) is 0 Å². The molecule has 0 aromatic heterocycles. The highest BCUT2D eigenvalue weighted by atomic mass is 16.3. The summed E-state index contributed by atoms with van der Waals surface area (Å²) in [6.07, 6.45) is 1.10. The van der Waals surface area contributed by atoms with Gasteiger partial charge in [0.1, 0.15) is 0 Å². The van der Waals surface area contributed by atoms with Crippen molar-refractivity contribution < 1.29 is 14.7 Å². The highest BCUT2D eigenvalue weighted by Crippen LogP contribution is 2.09. The number of amides is 2. The number of piperidine rings is 1. The summed E-state index contributed by atoms with van der Waals surface area (Å²) >= 11 is 0. The molecule has 0 spiro atoms. The molecule has 2 rings (SSSR count). The molecule has 0 atom stereocenters. The van der Waals surface area contributed by atoms with Crippen LogP contribution in [-0.4, -0.2) is 47.6 Å². The number of aliphatic hydroxyl groups is 1. The van der Waals surface area contributed by atoms with Crippen molar-refractivity contribution in [3.05, 3.63) is 35.9 Å². The Labute approximate surface area is 112 Å². The van der Waals surface area contributed by atoms with E-state index in [-0.39, 0.29) is 24.5 Å².